The van der Waals surface area contributed by atoms with Gasteiger partial charge >= 0.3 is 6.03 Å². The fourth-order valence-electron chi connectivity index (χ4n) is 1.99. The zero-order valence-corrected chi connectivity index (χ0v) is 17.3. The zero-order chi connectivity index (χ0) is 20.9. The van der Waals surface area contributed by atoms with Crippen LogP contribution in [0.25, 0.3) is 0 Å². The first-order valence-corrected chi connectivity index (χ1v) is 10.9. The Balaban J connectivity index is 2.08. The summed E-state index contributed by atoms with van der Waals surface area (Å²) in [6.45, 7) is 3.40. The Morgan fingerprint density at radius 2 is 1.86 bits per heavy atom. The van der Waals surface area contributed by atoms with Gasteiger partial charge in [0.1, 0.15) is 14.0 Å². The number of aliphatic hydroxyl groups is 1. The maximum absolute atomic E-state index is 11.7. The number of rotatable bonds is 6. The number of anilines is 3. The molecule has 0 spiro atoms. The summed E-state index contributed by atoms with van der Waals surface area (Å²) in [6.07, 6.45) is 3.37. The summed E-state index contributed by atoms with van der Waals surface area (Å²) in [5.41, 5.74) is 1.97. The van der Waals surface area contributed by atoms with Gasteiger partial charge < -0.3 is 20.5 Å². The lowest BCUT2D eigenvalue weighted by molar-refractivity contribution is 0.0582. The minimum atomic E-state index is -2.51. The number of urea groups is 1. The topological polar surface area (TPSA) is 126 Å². The van der Waals surface area contributed by atoms with Crippen molar-refractivity contribution in [1.29, 1.82) is 0 Å². The second-order valence-corrected chi connectivity index (χ2v) is 9.20. The third-order valence-electron chi connectivity index (χ3n) is 3.60. The zero-order valence-electron chi connectivity index (χ0n) is 16.5. The molecule has 9 nitrogen and oxygen atoms in total. The number of amides is 2. The van der Waals surface area contributed by atoms with Crippen molar-refractivity contribution in [1.82, 2.24) is 9.97 Å². The van der Waals surface area contributed by atoms with Crippen LogP contribution in [0.15, 0.2) is 34.8 Å². The van der Waals surface area contributed by atoms with Crippen molar-refractivity contribution in [2.75, 3.05) is 23.1 Å². The molecule has 0 radical (unpaired) electrons. The average molecular weight is 405 g/mol. The van der Waals surface area contributed by atoms with Crippen LogP contribution in [-0.2, 0) is 9.73 Å². The molecule has 0 saturated heterocycles. The fourth-order valence-corrected chi connectivity index (χ4v) is 2.44. The van der Waals surface area contributed by atoms with E-state index in [-0.39, 0.29) is 0 Å². The Hall–Kier alpha value is -2.66. The first kappa shape index (κ1) is 21.6. The van der Waals surface area contributed by atoms with Crippen molar-refractivity contribution < 1.29 is 18.8 Å². The Morgan fingerprint density at radius 1 is 1.25 bits per heavy atom. The standard InChI is InChI=1S/C17H24BN5O4S/c1-10(24)11(2)27-15-14(18)9-19-16(22-15)20-12-5-7-13(8-6-12)21-17(25)23-28(3,4)26/h5-11,24H,18H2,1-4H3,(H,21,25)(H,19,20,22)/t10-,11-/m1/s1. The number of nitrogens with one attached hydrogen (secondary N) is 2. The summed E-state index contributed by atoms with van der Waals surface area (Å²) in [7, 11) is -0.687. The van der Waals surface area contributed by atoms with Crippen molar-refractivity contribution in [2.45, 2.75) is 26.1 Å². The first-order chi connectivity index (χ1) is 13.0. The molecule has 0 unspecified atom stereocenters. The molecule has 0 aliphatic heterocycles. The lowest BCUT2D eigenvalue weighted by atomic mass is 10.00. The van der Waals surface area contributed by atoms with Gasteiger partial charge in [-0.15, -0.1) is 4.36 Å². The molecule has 1 heterocycles. The fraction of sp³-hybridized carbons (Fsp3) is 0.353. The van der Waals surface area contributed by atoms with Gasteiger partial charge in [-0.25, -0.2) is 14.0 Å². The van der Waals surface area contributed by atoms with Gasteiger partial charge in [-0.05, 0) is 43.6 Å². The number of aromatic nitrogens is 2. The van der Waals surface area contributed by atoms with Crippen molar-refractivity contribution >= 4 is 46.4 Å². The highest BCUT2D eigenvalue weighted by molar-refractivity contribution is 7.92. The Bertz CT molecular complexity index is 951. The molecule has 2 amide bonds. The molecule has 0 aliphatic rings. The van der Waals surface area contributed by atoms with Gasteiger partial charge in [0.2, 0.25) is 11.8 Å². The van der Waals surface area contributed by atoms with Crippen LogP contribution in [0.5, 0.6) is 5.88 Å². The molecule has 3 N–H and O–H groups in total. The lowest BCUT2D eigenvalue weighted by Crippen LogP contribution is -2.28. The number of hydrogen-bond acceptors (Lipinski definition) is 7. The second kappa shape index (κ2) is 9.02. The highest BCUT2D eigenvalue weighted by Gasteiger charge is 2.14. The molecule has 28 heavy (non-hydrogen) atoms. The molecule has 1 aromatic heterocycles. The molecule has 0 aliphatic carbocycles. The molecule has 2 atom stereocenters. The lowest BCUT2D eigenvalue weighted by Gasteiger charge is -2.18. The highest BCUT2D eigenvalue weighted by Crippen LogP contribution is 2.18. The number of nitrogens with zero attached hydrogens (tertiary/aromatic N) is 3. The summed E-state index contributed by atoms with van der Waals surface area (Å²) in [6, 6.07) is 6.14. The third-order valence-corrected chi connectivity index (χ3v) is 4.20. The summed E-state index contributed by atoms with van der Waals surface area (Å²) >= 11 is 0. The molecule has 0 bridgehead atoms. The van der Waals surface area contributed by atoms with E-state index in [1.165, 1.54) is 12.5 Å². The van der Waals surface area contributed by atoms with Gasteiger partial charge in [0.05, 0.1) is 15.8 Å². The highest BCUT2D eigenvalue weighted by atomic mass is 32.2. The van der Waals surface area contributed by atoms with E-state index >= 15 is 0 Å². The molecule has 2 rings (SSSR count). The van der Waals surface area contributed by atoms with Gasteiger partial charge in [0.15, 0.2) is 0 Å². The molecule has 150 valence electrons. The summed E-state index contributed by atoms with van der Waals surface area (Å²) in [4.78, 5) is 20.2. The van der Waals surface area contributed by atoms with Crippen LogP contribution in [0.1, 0.15) is 13.8 Å². The molecule has 2 aromatic rings. The van der Waals surface area contributed by atoms with Gasteiger partial charge in [-0.3, -0.25) is 0 Å². The number of aliphatic hydroxyl groups excluding tert-OH is 1. The smallest absolute Gasteiger partial charge is 0.353 e. The minimum Gasteiger partial charge on any atom is -0.472 e. The molecular formula is C17H24BN5O4S. The van der Waals surface area contributed by atoms with Crippen LogP contribution >= 0.6 is 0 Å². The summed E-state index contributed by atoms with van der Waals surface area (Å²) in [5.74, 6) is 0.723. The number of carbonyl (C=O) groups excluding carboxylic acids is 1. The van der Waals surface area contributed by atoms with E-state index in [0.29, 0.717) is 23.2 Å². The van der Waals surface area contributed by atoms with E-state index < -0.39 is 28.0 Å². The normalized spacial score (nSPS) is 13.3. The van der Waals surface area contributed by atoms with Crippen LogP contribution in [-0.4, -0.2) is 57.9 Å². The van der Waals surface area contributed by atoms with E-state index in [2.05, 4.69) is 25.0 Å². The van der Waals surface area contributed by atoms with Crippen molar-refractivity contribution in [3.63, 3.8) is 0 Å². The van der Waals surface area contributed by atoms with Crippen LogP contribution in [0.4, 0.5) is 22.1 Å². The average Bonchev–Trinajstić information content (AvgIpc) is 2.57. The Kier molecular flexibility index (Phi) is 6.97. The SMILES string of the molecule is Bc1cnc(Nc2ccc(NC(=O)N=S(C)(C)=O)cc2)nc1O[C@H](C)[C@@H](C)O. The quantitative estimate of drug-likeness (QED) is 0.610. The van der Waals surface area contributed by atoms with E-state index in [9.17, 15) is 14.1 Å². The Morgan fingerprint density at radius 3 is 2.43 bits per heavy atom. The first-order valence-electron chi connectivity index (χ1n) is 8.57. The van der Waals surface area contributed by atoms with Crippen LogP contribution in [0.2, 0.25) is 0 Å². The summed E-state index contributed by atoms with van der Waals surface area (Å²) < 4.78 is 20.7. The number of ether oxygens (including phenoxy) is 1. The van der Waals surface area contributed by atoms with Gasteiger partial charge in [-0.1, -0.05) is 0 Å². The maximum Gasteiger partial charge on any atom is 0.353 e. The predicted octanol–water partition coefficient (Wildman–Crippen LogP) is 0.886. The molecular weight excluding hydrogens is 381 g/mol. The largest absolute Gasteiger partial charge is 0.472 e. The number of hydrogen-bond donors (Lipinski definition) is 3. The van der Waals surface area contributed by atoms with E-state index in [4.69, 9.17) is 4.74 Å². The molecule has 1 aromatic carbocycles. The van der Waals surface area contributed by atoms with E-state index in [1.54, 1.807) is 44.3 Å². The van der Waals surface area contributed by atoms with E-state index in [0.717, 1.165) is 5.46 Å². The van der Waals surface area contributed by atoms with Crippen molar-refractivity contribution in [2.24, 2.45) is 4.36 Å². The molecule has 11 heteroatoms. The molecule has 0 saturated carbocycles. The van der Waals surface area contributed by atoms with Crippen LogP contribution in [0, 0.1) is 0 Å². The Labute approximate surface area is 165 Å². The van der Waals surface area contributed by atoms with Crippen LogP contribution in [0.3, 0.4) is 0 Å². The number of carbonyl (C=O) groups is 1. The predicted molar refractivity (Wildman–Crippen MR) is 113 cm³/mol. The van der Waals surface area contributed by atoms with Crippen LogP contribution < -0.4 is 20.8 Å². The summed E-state index contributed by atoms with van der Waals surface area (Å²) in [5, 5.41) is 15.2. The van der Waals surface area contributed by atoms with Crippen molar-refractivity contribution in [3.8, 4) is 5.88 Å². The van der Waals surface area contributed by atoms with E-state index in [1.807, 2.05) is 7.85 Å². The second-order valence-electron chi connectivity index (χ2n) is 6.65. The minimum absolute atomic E-state index is 0.335. The van der Waals surface area contributed by atoms with Crippen molar-refractivity contribution in [3.05, 3.63) is 30.5 Å². The van der Waals surface area contributed by atoms with Gasteiger partial charge in [-0.2, -0.15) is 4.98 Å². The maximum atomic E-state index is 11.7. The third kappa shape index (κ3) is 6.82. The molecule has 0 fully saturated rings. The van der Waals surface area contributed by atoms with Gasteiger partial charge in [0.25, 0.3) is 0 Å². The number of benzene rings is 1. The monoisotopic (exact) mass is 405 g/mol. The van der Waals surface area contributed by atoms with Gasteiger partial charge in [0, 0.05) is 30.1 Å².